The fourth-order valence-corrected chi connectivity index (χ4v) is 5.50. The lowest BCUT2D eigenvalue weighted by Crippen LogP contribution is -2.49. The third-order valence-electron chi connectivity index (χ3n) is 6.25. The minimum Gasteiger partial charge on any atom is -0.350 e. The first-order valence-corrected chi connectivity index (χ1v) is 12.4. The maximum atomic E-state index is 13.7. The Balaban J connectivity index is 1.35. The molecule has 6 nitrogen and oxygen atoms in total. The third kappa shape index (κ3) is 4.43. The van der Waals surface area contributed by atoms with Crippen molar-refractivity contribution in [1.29, 1.82) is 0 Å². The van der Waals surface area contributed by atoms with E-state index in [2.05, 4.69) is 15.3 Å². The second-order valence-electron chi connectivity index (χ2n) is 8.51. The molecule has 0 aliphatic carbocycles. The number of carbonyl (C=O) groups is 2. The van der Waals surface area contributed by atoms with Gasteiger partial charge in [0.25, 0.3) is 11.8 Å². The van der Waals surface area contributed by atoms with E-state index in [-0.39, 0.29) is 17.9 Å². The maximum absolute atomic E-state index is 13.7. The summed E-state index contributed by atoms with van der Waals surface area (Å²) in [5.41, 5.74) is 2.90. The zero-order valence-electron chi connectivity index (χ0n) is 19.0. The van der Waals surface area contributed by atoms with Gasteiger partial charge in [-0.25, -0.2) is 4.98 Å². The first-order valence-electron chi connectivity index (χ1n) is 11.6. The number of rotatable bonds is 5. The number of aromatic nitrogens is 2. The number of hydrogen-bond acceptors (Lipinski definition) is 5. The number of thiazole rings is 1. The van der Waals surface area contributed by atoms with Crippen molar-refractivity contribution in [1.82, 2.24) is 20.2 Å². The number of nitrogens with one attached hydrogen (secondary N) is 1. The number of fused-ring (bicyclic) bond motifs is 1. The minimum absolute atomic E-state index is 0.0588. The summed E-state index contributed by atoms with van der Waals surface area (Å²) in [6.45, 7) is 3.01. The van der Waals surface area contributed by atoms with E-state index in [4.69, 9.17) is 0 Å². The molecule has 1 aliphatic rings. The van der Waals surface area contributed by atoms with E-state index in [1.54, 1.807) is 17.5 Å². The van der Waals surface area contributed by atoms with Gasteiger partial charge in [-0.15, -0.1) is 11.3 Å². The molecule has 2 aromatic carbocycles. The lowest BCUT2D eigenvalue weighted by Gasteiger charge is -2.35. The van der Waals surface area contributed by atoms with Crippen LogP contribution in [0.4, 0.5) is 0 Å². The molecule has 0 saturated carbocycles. The van der Waals surface area contributed by atoms with E-state index in [0.717, 1.165) is 45.6 Å². The summed E-state index contributed by atoms with van der Waals surface area (Å²) >= 11 is 1.54. The van der Waals surface area contributed by atoms with Gasteiger partial charge in [0.1, 0.15) is 5.69 Å². The zero-order valence-corrected chi connectivity index (χ0v) is 19.8. The third-order valence-corrected chi connectivity index (χ3v) is 7.27. The Morgan fingerprint density at radius 1 is 1.06 bits per heavy atom. The lowest BCUT2D eigenvalue weighted by atomic mass is 10.0. The van der Waals surface area contributed by atoms with Gasteiger partial charge in [0.15, 0.2) is 0 Å². The number of amides is 2. The molecular weight excluding hydrogens is 444 g/mol. The van der Waals surface area contributed by atoms with Crippen LogP contribution in [-0.2, 0) is 0 Å². The van der Waals surface area contributed by atoms with Crippen molar-refractivity contribution >= 4 is 34.1 Å². The Hall–Kier alpha value is -3.58. The Bertz CT molecular complexity index is 1330. The largest absolute Gasteiger partial charge is 0.350 e. The highest BCUT2D eigenvalue weighted by Gasteiger charge is 2.31. The molecule has 1 atom stereocenters. The van der Waals surface area contributed by atoms with Gasteiger partial charge in [-0.05, 0) is 49.9 Å². The lowest BCUT2D eigenvalue weighted by molar-refractivity contribution is 0.0598. The van der Waals surface area contributed by atoms with E-state index in [9.17, 15) is 9.59 Å². The Morgan fingerprint density at radius 2 is 1.91 bits per heavy atom. The molecule has 34 heavy (non-hydrogen) atoms. The number of piperidine rings is 1. The van der Waals surface area contributed by atoms with Crippen LogP contribution in [0, 0.1) is 6.92 Å². The molecule has 2 aromatic heterocycles. The van der Waals surface area contributed by atoms with Crippen molar-refractivity contribution in [2.75, 3.05) is 13.1 Å². The van der Waals surface area contributed by atoms with Crippen LogP contribution in [0.3, 0.4) is 0 Å². The summed E-state index contributed by atoms with van der Waals surface area (Å²) in [5.74, 6) is -0.206. The average Bonchev–Trinajstić information content (AvgIpc) is 3.29. The Morgan fingerprint density at radius 3 is 2.76 bits per heavy atom. The molecule has 4 aromatic rings. The zero-order chi connectivity index (χ0) is 23.5. The van der Waals surface area contributed by atoms with Crippen LogP contribution in [0.1, 0.15) is 45.1 Å². The van der Waals surface area contributed by atoms with Crippen molar-refractivity contribution in [3.8, 4) is 10.4 Å². The fourth-order valence-electron chi connectivity index (χ4n) is 4.58. The SMILES string of the molecule is Cc1nc(C(=O)N2CCCCC2CNC(=O)c2cccc3ncccc23)c(-c2ccccc2)s1. The Labute approximate surface area is 202 Å². The predicted octanol–water partition coefficient (Wildman–Crippen LogP) is 5.09. The highest BCUT2D eigenvalue weighted by molar-refractivity contribution is 7.15. The molecule has 0 bridgehead atoms. The molecular formula is C27H26N4O2S. The number of nitrogens with zero attached hydrogens (tertiary/aromatic N) is 3. The molecule has 1 N–H and O–H groups in total. The molecule has 0 spiro atoms. The second kappa shape index (κ2) is 9.73. The van der Waals surface area contributed by atoms with Crippen LogP contribution in [0.5, 0.6) is 0 Å². The van der Waals surface area contributed by atoms with Crippen LogP contribution < -0.4 is 5.32 Å². The van der Waals surface area contributed by atoms with Crippen molar-refractivity contribution in [2.24, 2.45) is 0 Å². The van der Waals surface area contributed by atoms with Crippen molar-refractivity contribution in [2.45, 2.75) is 32.2 Å². The van der Waals surface area contributed by atoms with Crippen LogP contribution in [0.2, 0.25) is 0 Å². The van der Waals surface area contributed by atoms with Gasteiger partial charge in [0, 0.05) is 36.3 Å². The molecule has 1 unspecified atom stereocenters. The first kappa shape index (κ1) is 22.2. The summed E-state index contributed by atoms with van der Waals surface area (Å²) in [6.07, 6.45) is 4.56. The first-order chi connectivity index (χ1) is 16.6. The minimum atomic E-state index is -0.147. The maximum Gasteiger partial charge on any atom is 0.274 e. The van der Waals surface area contributed by atoms with Crippen LogP contribution in [0.25, 0.3) is 21.3 Å². The van der Waals surface area contributed by atoms with Crippen LogP contribution >= 0.6 is 11.3 Å². The molecule has 3 heterocycles. The van der Waals surface area contributed by atoms with Crippen molar-refractivity contribution in [3.63, 3.8) is 0 Å². The molecule has 0 radical (unpaired) electrons. The van der Waals surface area contributed by atoms with Crippen LogP contribution in [-0.4, -0.2) is 45.8 Å². The number of carbonyl (C=O) groups excluding carboxylic acids is 2. The molecule has 1 saturated heterocycles. The molecule has 172 valence electrons. The summed E-state index contributed by atoms with van der Waals surface area (Å²) in [5, 5.41) is 4.76. The van der Waals surface area contributed by atoms with E-state index in [1.165, 1.54) is 0 Å². The summed E-state index contributed by atoms with van der Waals surface area (Å²) in [6, 6.07) is 19.2. The highest BCUT2D eigenvalue weighted by Crippen LogP contribution is 2.32. The van der Waals surface area contributed by atoms with Crippen LogP contribution in [0.15, 0.2) is 66.9 Å². The summed E-state index contributed by atoms with van der Waals surface area (Å²) in [7, 11) is 0. The smallest absolute Gasteiger partial charge is 0.274 e. The number of likely N-dealkylation sites (tertiary alicyclic amines) is 1. The van der Waals surface area contributed by atoms with Crippen molar-refractivity contribution < 1.29 is 9.59 Å². The van der Waals surface area contributed by atoms with E-state index in [1.807, 2.05) is 72.5 Å². The van der Waals surface area contributed by atoms with Crippen molar-refractivity contribution in [3.05, 3.63) is 83.1 Å². The van der Waals surface area contributed by atoms with E-state index >= 15 is 0 Å². The number of benzene rings is 2. The molecule has 1 fully saturated rings. The molecule has 5 rings (SSSR count). The predicted molar refractivity (Wildman–Crippen MR) is 135 cm³/mol. The fraction of sp³-hybridized carbons (Fsp3) is 0.259. The molecule has 2 amide bonds. The van der Waals surface area contributed by atoms with E-state index < -0.39 is 0 Å². The summed E-state index contributed by atoms with van der Waals surface area (Å²) < 4.78 is 0. The number of aryl methyl sites for hydroxylation is 1. The second-order valence-corrected chi connectivity index (χ2v) is 9.71. The standard InChI is InChI=1S/C27H26N4O2S/c1-18-30-24(25(34-18)19-9-3-2-4-10-19)27(33)31-16-6-5-11-20(31)17-29-26(32)22-12-7-14-23-21(22)13-8-15-28-23/h2-4,7-10,12-15,20H,5-6,11,16-17H2,1H3,(H,29,32). The highest BCUT2D eigenvalue weighted by atomic mass is 32.1. The Kier molecular flexibility index (Phi) is 6.36. The molecule has 7 heteroatoms. The van der Waals surface area contributed by atoms with Gasteiger partial charge in [-0.2, -0.15) is 0 Å². The number of hydrogen-bond donors (Lipinski definition) is 1. The number of pyridine rings is 1. The molecule has 1 aliphatic heterocycles. The van der Waals surface area contributed by atoms with Gasteiger partial charge < -0.3 is 10.2 Å². The normalized spacial score (nSPS) is 15.9. The summed E-state index contributed by atoms with van der Waals surface area (Å²) in [4.78, 5) is 38.4. The van der Waals surface area contributed by atoms with Gasteiger partial charge in [0.2, 0.25) is 0 Å². The quantitative estimate of drug-likeness (QED) is 0.441. The topological polar surface area (TPSA) is 75.2 Å². The van der Waals surface area contributed by atoms with Gasteiger partial charge in [-0.3, -0.25) is 14.6 Å². The average molecular weight is 471 g/mol. The van der Waals surface area contributed by atoms with Gasteiger partial charge in [0.05, 0.1) is 15.4 Å². The monoisotopic (exact) mass is 470 g/mol. The van der Waals surface area contributed by atoms with Gasteiger partial charge in [-0.1, -0.05) is 42.5 Å². The van der Waals surface area contributed by atoms with Gasteiger partial charge >= 0.3 is 0 Å². The van der Waals surface area contributed by atoms with E-state index in [0.29, 0.717) is 24.3 Å².